The number of esters is 1. The van der Waals surface area contributed by atoms with Gasteiger partial charge in [-0.25, -0.2) is 4.79 Å². The second kappa shape index (κ2) is 12.0. The summed E-state index contributed by atoms with van der Waals surface area (Å²) < 4.78 is 10.3. The number of carbonyl (C=O) groups excluding carboxylic acids is 1. The molecule has 1 aliphatic heterocycles. The van der Waals surface area contributed by atoms with Crippen molar-refractivity contribution in [2.24, 2.45) is 0 Å². The Morgan fingerprint density at radius 3 is 2.42 bits per heavy atom. The third kappa shape index (κ3) is 5.95. The second-order valence-corrected chi connectivity index (χ2v) is 9.57. The van der Waals surface area contributed by atoms with E-state index in [1.54, 1.807) is 6.07 Å². The highest BCUT2D eigenvalue weighted by Crippen LogP contribution is 2.39. The van der Waals surface area contributed by atoms with Gasteiger partial charge in [0.05, 0.1) is 36.0 Å². The largest absolute Gasteiger partial charge is 0.491 e. The Kier molecular flexibility index (Phi) is 8.75. The van der Waals surface area contributed by atoms with Crippen LogP contribution in [0.5, 0.6) is 5.75 Å². The van der Waals surface area contributed by atoms with Gasteiger partial charge in [-0.2, -0.15) is 0 Å². The first kappa shape index (κ1) is 26.3. The number of rotatable bonds is 8. The molecular weight excluding hydrogens is 499 g/mol. The predicted octanol–water partition coefficient (Wildman–Crippen LogP) is 5.78. The maximum absolute atomic E-state index is 11.8. The number of anilines is 1. The predicted molar refractivity (Wildman–Crippen MR) is 143 cm³/mol. The number of halogens is 2. The van der Waals surface area contributed by atoms with Crippen LogP contribution in [0.4, 0.5) is 5.69 Å². The molecule has 8 heteroatoms. The Morgan fingerprint density at radius 2 is 1.78 bits per heavy atom. The lowest BCUT2D eigenvalue weighted by molar-refractivity contribution is 0.0600. The lowest BCUT2D eigenvalue weighted by atomic mass is 9.98. The van der Waals surface area contributed by atoms with Crippen molar-refractivity contribution >= 4 is 34.9 Å². The molecule has 3 aromatic rings. The first-order valence-electron chi connectivity index (χ1n) is 11.9. The molecule has 190 valence electrons. The fourth-order valence-corrected chi connectivity index (χ4v) is 5.02. The first-order chi connectivity index (χ1) is 17.4. The molecule has 1 heterocycles. The molecule has 0 aromatic heterocycles. The minimum Gasteiger partial charge on any atom is -0.491 e. The molecule has 1 aliphatic rings. The molecule has 0 spiro atoms. The third-order valence-electron chi connectivity index (χ3n) is 6.62. The number of aliphatic hydroxyl groups is 1. The van der Waals surface area contributed by atoms with Crippen LogP contribution in [0.15, 0.2) is 66.7 Å². The number of carbonyl (C=O) groups is 1. The highest BCUT2D eigenvalue weighted by atomic mass is 35.5. The number of nitrogens with zero attached hydrogens (tertiary/aromatic N) is 2. The molecule has 1 fully saturated rings. The smallest absolute Gasteiger partial charge is 0.337 e. The van der Waals surface area contributed by atoms with Gasteiger partial charge in [0.15, 0.2) is 0 Å². The monoisotopic (exact) mass is 528 g/mol. The number of ether oxygens (including phenoxy) is 2. The van der Waals surface area contributed by atoms with Gasteiger partial charge in [0, 0.05) is 36.8 Å². The molecule has 2 atom stereocenters. The second-order valence-electron chi connectivity index (χ2n) is 8.73. The average molecular weight is 529 g/mol. The van der Waals surface area contributed by atoms with Crippen LogP contribution < -0.4 is 9.64 Å². The van der Waals surface area contributed by atoms with Gasteiger partial charge in [0.2, 0.25) is 0 Å². The lowest BCUT2D eigenvalue weighted by Gasteiger charge is -2.45. The van der Waals surface area contributed by atoms with E-state index in [0.29, 0.717) is 21.4 Å². The van der Waals surface area contributed by atoms with E-state index in [2.05, 4.69) is 28.9 Å². The van der Waals surface area contributed by atoms with Crippen LogP contribution >= 0.6 is 23.2 Å². The van der Waals surface area contributed by atoms with Gasteiger partial charge in [-0.05, 0) is 54.4 Å². The topological polar surface area (TPSA) is 62.2 Å². The maximum atomic E-state index is 11.8. The maximum Gasteiger partial charge on any atom is 0.337 e. The molecule has 6 nitrogen and oxygen atoms in total. The van der Waals surface area contributed by atoms with Crippen LogP contribution in [0.3, 0.4) is 0 Å². The standard InChI is InChI=1S/C28H30Cl2N2O4/c1-19(20-3-5-22(6-4-20)28(34)35-2)31-13-14-32(27(18-31)21-7-9-23(29)10-8-21)26-12-11-24(17-25(26)30)36-16-15-33/h3-12,17,19,27,33H,13-16,18H2,1-2H3. The van der Waals surface area contributed by atoms with E-state index >= 15 is 0 Å². The molecule has 0 saturated carbocycles. The molecule has 4 rings (SSSR count). The van der Waals surface area contributed by atoms with Crippen LogP contribution in [-0.2, 0) is 4.74 Å². The zero-order chi connectivity index (χ0) is 25.7. The van der Waals surface area contributed by atoms with Gasteiger partial charge < -0.3 is 19.5 Å². The Bertz CT molecular complexity index is 1170. The van der Waals surface area contributed by atoms with Crippen LogP contribution in [-0.4, -0.2) is 55.9 Å². The van der Waals surface area contributed by atoms with E-state index in [0.717, 1.165) is 36.4 Å². The molecule has 1 saturated heterocycles. The molecule has 3 aromatic carbocycles. The summed E-state index contributed by atoms with van der Waals surface area (Å²) in [5.41, 5.74) is 3.75. The van der Waals surface area contributed by atoms with E-state index < -0.39 is 0 Å². The molecule has 2 unspecified atom stereocenters. The zero-order valence-corrected chi connectivity index (χ0v) is 21.9. The van der Waals surface area contributed by atoms with Crippen LogP contribution in [0.1, 0.15) is 40.5 Å². The number of hydrogen-bond donors (Lipinski definition) is 1. The van der Waals surface area contributed by atoms with Crippen molar-refractivity contribution in [2.45, 2.75) is 19.0 Å². The summed E-state index contributed by atoms with van der Waals surface area (Å²) in [5.74, 6) is 0.291. The normalized spacial score (nSPS) is 17.0. The van der Waals surface area contributed by atoms with E-state index in [-0.39, 0.29) is 31.3 Å². The Labute approximate surface area is 221 Å². The van der Waals surface area contributed by atoms with Crippen molar-refractivity contribution in [2.75, 3.05) is 44.9 Å². The quantitative estimate of drug-likeness (QED) is 0.374. The molecular formula is C28H30Cl2N2O4. The number of benzene rings is 3. The summed E-state index contributed by atoms with van der Waals surface area (Å²) in [6.45, 7) is 4.74. The van der Waals surface area contributed by atoms with Crippen molar-refractivity contribution in [3.63, 3.8) is 0 Å². The van der Waals surface area contributed by atoms with E-state index in [4.69, 9.17) is 37.8 Å². The number of aliphatic hydroxyl groups excluding tert-OH is 1. The van der Waals surface area contributed by atoms with Crippen LogP contribution in [0, 0.1) is 0 Å². The summed E-state index contributed by atoms with van der Waals surface area (Å²) in [6.07, 6.45) is 0. The minimum absolute atomic E-state index is 0.0505. The third-order valence-corrected chi connectivity index (χ3v) is 7.17. The number of hydrogen-bond acceptors (Lipinski definition) is 6. The van der Waals surface area contributed by atoms with Crippen LogP contribution in [0.2, 0.25) is 10.0 Å². The van der Waals surface area contributed by atoms with Gasteiger partial charge in [0.25, 0.3) is 0 Å². The van der Waals surface area contributed by atoms with Gasteiger partial charge in [-0.1, -0.05) is 47.5 Å². The number of piperazine rings is 1. The Balaban J connectivity index is 1.59. The van der Waals surface area contributed by atoms with Crippen molar-refractivity contribution < 1.29 is 19.4 Å². The zero-order valence-electron chi connectivity index (χ0n) is 20.4. The van der Waals surface area contributed by atoms with Crippen LogP contribution in [0.25, 0.3) is 0 Å². The van der Waals surface area contributed by atoms with E-state index in [1.165, 1.54) is 7.11 Å². The fourth-order valence-electron chi connectivity index (χ4n) is 4.61. The Morgan fingerprint density at radius 1 is 1.06 bits per heavy atom. The molecule has 1 N–H and O–H groups in total. The van der Waals surface area contributed by atoms with Crippen molar-refractivity contribution in [1.29, 1.82) is 0 Å². The molecule has 0 bridgehead atoms. The lowest BCUT2D eigenvalue weighted by Crippen LogP contribution is -2.49. The van der Waals surface area contributed by atoms with Gasteiger partial charge in [0.1, 0.15) is 12.4 Å². The first-order valence-corrected chi connectivity index (χ1v) is 12.6. The van der Waals surface area contributed by atoms with Gasteiger partial charge >= 0.3 is 5.97 Å². The van der Waals surface area contributed by atoms with Crippen molar-refractivity contribution in [1.82, 2.24) is 4.90 Å². The minimum atomic E-state index is -0.338. The summed E-state index contributed by atoms with van der Waals surface area (Å²) in [5, 5.41) is 10.3. The SMILES string of the molecule is COC(=O)c1ccc(C(C)N2CCN(c3ccc(OCCO)cc3Cl)C(c3ccc(Cl)cc3)C2)cc1. The molecule has 36 heavy (non-hydrogen) atoms. The van der Waals surface area contributed by atoms with Crippen molar-refractivity contribution in [3.05, 3.63) is 93.5 Å². The summed E-state index contributed by atoms with van der Waals surface area (Å²) in [4.78, 5) is 16.6. The summed E-state index contributed by atoms with van der Waals surface area (Å²) >= 11 is 12.9. The molecule has 0 aliphatic carbocycles. The van der Waals surface area contributed by atoms with E-state index in [1.807, 2.05) is 48.5 Å². The van der Waals surface area contributed by atoms with Crippen molar-refractivity contribution in [3.8, 4) is 5.75 Å². The summed E-state index contributed by atoms with van der Waals surface area (Å²) in [6, 6.07) is 21.4. The molecule has 0 amide bonds. The number of methoxy groups -OCH3 is 1. The fraction of sp³-hybridized carbons (Fsp3) is 0.321. The van der Waals surface area contributed by atoms with Gasteiger partial charge in [-0.3, -0.25) is 4.90 Å². The highest BCUT2D eigenvalue weighted by molar-refractivity contribution is 6.33. The Hall–Kier alpha value is -2.77. The molecule has 0 radical (unpaired) electrons. The summed E-state index contributed by atoms with van der Waals surface area (Å²) in [7, 11) is 1.39. The van der Waals surface area contributed by atoms with E-state index in [9.17, 15) is 4.79 Å². The van der Waals surface area contributed by atoms with Gasteiger partial charge in [-0.15, -0.1) is 0 Å². The highest BCUT2D eigenvalue weighted by Gasteiger charge is 2.32. The average Bonchev–Trinajstić information content (AvgIpc) is 2.91.